The van der Waals surface area contributed by atoms with Crippen LogP contribution in [0.2, 0.25) is 5.02 Å². The molecule has 0 unspecified atom stereocenters. The van der Waals surface area contributed by atoms with Gasteiger partial charge in [0.2, 0.25) is 5.91 Å². The van der Waals surface area contributed by atoms with E-state index in [-0.39, 0.29) is 18.9 Å². The van der Waals surface area contributed by atoms with Gasteiger partial charge in [0.15, 0.2) is 0 Å². The van der Waals surface area contributed by atoms with Crippen LogP contribution in [0.25, 0.3) is 0 Å². The number of esters is 1. The van der Waals surface area contributed by atoms with Crippen molar-refractivity contribution in [3.05, 3.63) is 28.8 Å². The van der Waals surface area contributed by atoms with Crippen molar-refractivity contribution < 1.29 is 23.9 Å². The molecule has 2 atom stereocenters. The van der Waals surface area contributed by atoms with E-state index in [1.807, 2.05) is 0 Å². The second-order valence-corrected chi connectivity index (χ2v) is 8.01. The number of carbonyl (C=O) groups is 3. The normalized spacial score (nSPS) is 24.4. The quantitative estimate of drug-likeness (QED) is 0.757. The van der Waals surface area contributed by atoms with Crippen molar-refractivity contribution >= 4 is 35.3 Å². The Morgan fingerprint density at radius 1 is 1.35 bits per heavy atom. The first-order valence-electron chi connectivity index (χ1n) is 8.26. The van der Waals surface area contributed by atoms with Crippen LogP contribution in [0, 0.1) is 0 Å². The lowest BCUT2D eigenvalue weighted by atomic mass is 9.79. The molecule has 1 saturated heterocycles. The molecule has 2 aliphatic rings. The fourth-order valence-corrected chi connectivity index (χ4v) is 3.68. The number of amides is 2. The maximum Gasteiger partial charge on any atom is 0.411 e. The third-order valence-electron chi connectivity index (χ3n) is 4.64. The first-order chi connectivity index (χ1) is 12.1. The topological polar surface area (TPSA) is 84.9 Å². The van der Waals surface area contributed by atoms with Crippen LogP contribution in [0.3, 0.4) is 0 Å². The number of likely N-dealkylation sites (tertiary alicyclic amines) is 1. The third-order valence-corrected chi connectivity index (χ3v) is 4.87. The van der Waals surface area contributed by atoms with Crippen molar-refractivity contribution in [3.8, 4) is 0 Å². The maximum absolute atomic E-state index is 12.8. The zero-order valence-electron chi connectivity index (χ0n) is 15.1. The van der Waals surface area contributed by atoms with Crippen LogP contribution < -0.4 is 5.32 Å². The first kappa shape index (κ1) is 18.5. The molecule has 1 N–H and O–H groups in total. The van der Waals surface area contributed by atoms with Gasteiger partial charge < -0.3 is 14.8 Å². The zero-order chi connectivity index (χ0) is 19.3. The molecule has 1 fully saturated rings. The summed E-state index contributed by atoms with van der Waals surface area (Å²) in [6.07, 6.45) is -0.550. The molecule has 140 valence electrons. The number of fused-ring (bicyclic) bond motifs is 2. The van der Waals surface area contributed by atoms with Crippen LogP contribution in [-0.4, -0.2) is 48.2 Å². The molecular weight excluding hydrogens is 360 g/mol. The van der Waals surface area contributed by atoms with Crippen LogP contribution in [0.15, 0.2) is 18.2 Å². The molecule has 1 aromatic rings. The fourth-order valence-electron chi connectivity index (χ4n) is 3.51. The van der Waals surface area contributed by atoms with Crippen molar-refractivity contribution in [2.75, 3.05) is 19.0 Å². The Labute approximate surface area is 156 Å². The molecule has 1 aromatic carbocycles. The van der Waals surface area contributed by atoms with Crippen molar-refractivity contribution in [3.63, 3.8) is 0 Å². The number of nitrogens with one attached hydrogen (secondary N) is 1. The van der Waals surface area contributed by atoms with Crippen LogP contribution in [0.5, 0.6) is 0 Å². The molecule has 2 aliphatic heterocycles. The van der Waals surface area contributed by atoms with Gasteiger partial charge in [-0.25, -0.2) is 9.59 Å². The van der Waals surface area contributed by atoms with Crippen molar-refractivity contribution in [2.24, 2.45) is 0 Å². The monoisotopic (exact) mass is 380 g/mol. The second-order valence-electron chi connectivity index (χ2n) is 7.58. The Bertz CT molecular complexity index is 788. The molecule has 0 aliphatic carbocycles. The number of anilines is 1. The van der Waals surface area contributed by atoms with Gasteiger partial charge in [0.05, 0.1) is 12.5 Å². The van der Waals surface area contributed by atoms with E-state index >= 15 is 0 Å². The van der Waals surface area contributed by atoms with Crippen molar-refractivity contribution in [2.45, 2.75) is 44.2 Å². The number of rotatable bonds is 1. The van der Waals surface area contributed by atoms with Gasteiger partial charge in [-0.3, -0.25) is 9.69 Å². The van der Waals surface area contributed by atoms with Gasteiger partial charge >= 0.3 is 12.1 Å². The summed E-state index contributed by atoms with van der Waals surface area (Å²) in [7, 11) is 1.25. The Morgan fingerprint density at radius 3 is 2.65 bits per heavy atom. The van der Waals surface area contributed by atoms with E-state index in [0.29, 0.717) is 16.3 Å². The standard InChI is InChI=1S/C18H21ClN2O5/c1-17(2,3)26-16(24)21-9-18(8-13(21)14(22)25-4)11-7-10(19)5-6-12(11)20-15(18)23/h5-7,13H,8-9H2,1-4H3,(H,20,23)/t13-,18+/m0/s1. The predicted octanol–water partition coefficient (Wildman–Crippen LogP) is 2.71. The molecular formula is C18H21ClN2O5. The first-order valence-corrected chi connectivity index (χ1v) is 8.64. The second kappa shape index (κ2) is 6.16. The van der Waals surface area contributed by atoms with E-state index in [1.54, 1.807) is 39.0 Å². The predicted molar refractivity (Wildman–Crippen MR) is 95.1 cm³/mol. The summed E-state index contributed by atoms with van der Waals surface area (Å²) in [5.41, 5.74) is -0.480. The fraction of sp³-hybridized carbons (Fsp3) is 0.500. The lowest BCUT2D eigenvalue weighted by molar-refractivity contribution is -0.145. The van der Waals surface area contributed by atoms with Crippen molar-refractivity contribution in [1.82, 2.24) is 4.90 Å². The lowest BCUT2D eigenvalue weighted by Crippen LogP contribution is -2.44. The van der Waals surface area contributed by atoms with Gasteiger partial charge in [0, 0.05) is 17.3 Å². The molecule has 2 amide bonds. The summed E-state index contributed by atoms with van der Waals surface area (Å²) in [4.78, 5) is 39.0. The lowest BCUT2D eigenvalue weighted by Gasteiger charge is -2.27. The molecule has 0 saturated carbocycles. The van der Waals surface area contributed by atoms with E-state index < -0.39 is 29.1 Å². The average molecular weight is 381 g/mol. The van der Waals surface area contributed by atoms with E-state index in [4.69, 9.17) is 21.1 Å². The van der Waals surface area contributed by atoms with E-state index in [1.165, 1.54) is 12.0 Å². The van der Waals surface area contributed by atoms with Gasteiger partial charge in [0.25, 0.3) is 0 Å². The van der Waals surface area contributed by atoms with E-state index in [2.05, 4.69) is 5.32 Å². The third kappa shape index (κ3) is 3.00. The minimum atomic E-state index is -1.06. The zero-order valence-corrected chi connectivity index (χ0v) is 15.8. The number of carbonyl (C=O) groups excluding carboxylic acids is 3. The van der Waals surface area contributed by atoms with Crippen LogP contribution >= 0.6 is 11.6 Å². The number of hydrogen-bond donors (Lipinski definition) is 1. The minimum Gasteiger partial charge on any atom is -0.467 e. The van der Waals surface area contributed by atoms with Gasteiger partial charge in [-0.05, 0) is 51.0 Å². The molecule has 8 heteroatoms. The highest BCUT2D eigenvalue weighted by Gasteiger charge is 2.58. The van der Waals surface area contributed by atoms with E-state index in [9.17, 15) is 14.4 Å². The van der Waals surface area contributed by atoms with Gasteiger partial charge in [-0.1, -0.05) is 11.6 Å². The summed E-state index contributed by atoms with van der Waals surface area (Å²) < 4.78 is 10.3. The van der Waals surface area contributed by atoms with Gasteiger partial charge in [-0.15, -0.1) is 0 Å². The summed E-state index contributed by atoms with van der Waals surface area (Å²) in [5.74, 6) is -0.856. The minimum absolute atomic E-state index is 0.0147. The largest absolute Gasteiger partial charge is 0.467 e. The highest BCUT2D eigenvalue weighted by molar-refractivity contribution is 6.31. The molecule has 7 nitrogen and oxygen atoms in total. The molecule has 0 radical (unpaired) electrons. The molecule has 2 heterocycles. The number of nitrogens with zero attached hydrogens (tertiary/aromatic N) is 1. The van der Waals surface area contributed by atoms with Gasteiger partial charge in [-0.2, -0.15) is 0 Å². The number of hydrogen-bond acceptors (Lipinski definition) is 5. The number of ether oxygens (including phenoxy) is 2. The summed E-state index contributed by atoms with van der Waals surface area (Å²) in [6.45, 7) is 5.23. The smallest absolute Gasteiger partial charge is 0.411 e. The molecule has 1 spiro atoms. The molecule has 0 bridgehead atoms. The number of methoxy groups -OCH3 is 1. The average Bonchev–Trinajstić information content (AvgIpc) is 3.06. The van der Waals surface area contributed by atoms with Crippen LogP contribution in [0.4, 0.5) is 10.5 Å². The Hall–Kier alpha value is -2.28. The molecule has 26 heavy (non-hydrogen) atoms. The highest BCUT2D eigenvalue weighted by atomic mass is 35.5. The van der Waals surface area contributed by atoms with E-state index in [0.717, 1.165) is 0 Å². The molecule has 3 rings (SSSR count). The highest BCUT2D eigenvalue weighted by Crippen LogP contribution is 2.47. The Balaban J connectivity index is 2.02. The van der Waals surface area contributed by atoms with Crippen LogP contribution in [-0.2, 0) is 24.5 Å². The van der Waals surface area contributed by atoms with Gasteiger partial charge in [0.1, 0.15) is 11.6 Å². The summed E-state index contributed by atoms with van der Waals surface area (Å²) in [6, 6.07) is 4.18. The summed E-state index contributed by atoms with van der Waals surface area (Å²) in [5, 5.41) is 3.29. The Kier molecular flexibility index (Phi) is 4.38. The van der Waals surface area contributed by atoms with Crippen LogP contribution in [0.1, 0.15) is 32.8 Å². The SMILES string of the molecule is COC(=O)[C@@H]1C[C@]2(CN1C(=O)OC(C)(C)C)C(=O)Nc1ccc(Cl)cc12. The number of halogens is 1. The number of benzene rings is 1. The molecule has 0 aromatic heterocycles. The summed E-state index contributed by atoms with van der Waals surface area (Å²) >= 11 is 6.11. The van der Waals surface area contributed by atoms with Crippen molar-refractivity contribution in [1.29, 1.82) is 0 Å². The Morgan fingerprint density at radius 2 is 2.04 bits per heavy atom. The maximum atomic E-state index is 12.8.